The maximum atomic E-state index is 12.1. The third-order valence-corrected chi connectivity index (χ3v) is 7.39. The Bertz CT molecular complexity index is 1400. The summed E-state index contributed by atoms with van der Waals surface area (Å²) in [4.78, 5) is -0.252. The molecule has 3 aromatic carbocycles. The van der Waals surface area contributed by atoms with Gasteiger partial charge in [-0.1, -0.05) is 6.92 Å². The van der Waals surface area contributed by atoms with Crippen molar-refractivity contribution in [2.75, 3.05) is 11.5 Å². The first-order valence-electron chi connectivity index (χ1n) is 9.22. The molecule has 164 valence electrons. The minimum absolute atomic E-state index is 0.0590. The Labute approximate surface area is 179 Å². The maximum absolute atomic E-state index is 12.1. The van der Waals surface area contributed by atoms with Crippen LogP contribution in [-0.2, 0) is 20.0 Å². The largest absolute Gasteiger partial charge is 0.507 e. The molecule has 11 heteroatoms. The monoisotopic (exact) mass is 463 g/mol. The molecule has 0 aliphatic rings. The summed E-state index contributed by atoms with van der Waals surface area (Å²) in [5, 5.41) is 19.0. The Morgan fingerprint density at radius 1 is 0.968 bits per heavy atom. The molecule has 0 atom stereocenters. The van der Waals surface area contributed by atoms with Crippen LogP contribution in [0.3, 0.4) is 0 Å². The molecule has 0 saturated heterocycles. The fourth-order valence-electron chi connectivity index (χ4n) is 3.16. The normalized spacial score (nSPS) is 12.6. The number of hydrogen-bond donors (Lipinski definition) is 3. The van der Waals surface area contributed by atoms with Crippen LogP contribution in [0.2, 0.25) is 0 Å². The van der Waals surface area contributed by atoms with E-state index in [0.29, 0.717) is 23.1 Å². The zero-order valence-corrected chi connectivity index (χ0v) is 18.4. The Morgan fingerprint density at radius 3 is 2.19 bits per heavy atom. The number of phenols is 1. The number of hydrogen-bond acceptors (Lipinski definition) is 8. The highest BCUT2D eigenvalue weighted by Gasteiger charge is 2.18. The molecular formula is C20H21N3O6S2. The van der Waals surface area contributed by atoms with Crippen LogP contribution in [0.5, 0.6) is 5.75 Å². The third kappa shape index (κ3) is 4.68. The molecule has 0 bridgehead atoms. The number of aromatic hydroxyl groups is 1. The molecule has 0 fully saturated rings. The average molecular weight is 464 g/mol. The molecule has 31 heavy (non-hydrogen) atoms. The number of rotatable bonds is 6. The van der Waals surface area contributed by atoms with Crippen LogP contribution in [0.4, 0.5) is 17.1 Å². The van der Waals surface area contributed by atoms with Gasteiger partial charge in [0.25, 0.3) is 10.1 Å². The van der Waals surface area contributed by atoms with Crippen LogP contribution in [0, 0.1) is 6.92 Å². The average Bonchev–Trinajstić information content (AvgIpc) is 2.66. The lowest BCUT2D eigenvalue weighted by molar-refractivity contribution is 0.471. The Hall–Kier alpha value is -3.02. The van der Waals surface area contributed by atoms with Crippen molar-refractivity contribution < 1.29 is 26.5 Å². The molecule has 0 heterocycles. The summed E-state index contributed by atoms with van der Waals surface area (Å²) in [5.74, 6) is -0.367. The van der Waals surface area contributed by atoms with Crippen LogP contribution in [-0.4, -0.2) is 32.2 Å². The van der Waals surface area contributed by atoms with Gasteiger partial charge in [0.15, 0.2) is 9.84 Å². The van der Waals surface area contributed by atoms with Crippen molar-refractivity contribution in [3.63, 3.8) is 0 Å². The second-order valence-electron chi connectivity index (χ2n) is 6.98. The minimum atomic E-state index is -4.50. The number of aryl methyl sites for hydroxylation is 1. The first kappa shape index (κ1) is 22.7. The molecule has 3 rings (SSSR count). The maximum Gasteiger partial charge on any atom is 0.294 e. The molecule has 0 aromatic heterocycles. The van der Waals surface area contributed by atoms with E-state index in [2.05, 4.69) is 10.2 Å². The number of nitrogens with zero attached hydrogens (tertiary/aromatic N) is 2. The van der Waals surface area contributed by atoms with Crippen LogP contribution in [0.1, 0.15) is 18.9 Å². The molecular weight excluding hydrogens is 442 g/mol. The molecule has 0 unspecified atom stereocenters. The number of nitrogens with two attached hydrogens (primary N) is 1. The second kappa shape index (κ2) is 8.25. The minimum Gasteiger partial charge on any atom is -0.507 e. The van der Waals surface area contributed by atoms with E-state index in [0.717, 1.165) is 6.07 Å². The summed E-state index contributed by atoms with van der Waals surface area (Å²) in [6.07, 6.45) is 0.517. The first-order valence-corrected chi connectivity index (χ1v) is 12.3. The van der Waals surface area contributed by atoms with Gasteiger partial charge in [0, 0.05) is 11.5 Å². The van der Waals surface area contributed by atoms with E-state index in [4.69, 9.17) is 5.73 Å². The van der Waals surface area contributed by atoms with E-state index in [1.807, 2.05) is 0 Å². The zero-order valence-electron chi connectivity index (χ0n) is 16.8. The molecule has 9 nitrogen and oxygen atoms in total. The van der Waals surface area contributed by atoms with Gasteiger partial charge in [-0.05, 0) is 60.7 Å². The molecule has 0 amide bonds. The number of azo groups is 1. The molecule has 0 aliphatic heterocycles. The molecule has 0 saturated carbocycles. The second-order valence-corrected chi connectivity index (χ2v) is 10.5. The third-order valence-electron chi connectivity index (χ3n) is 4.62. The van der Waals surface area contributed by atoms with Gasteiger partial charge in [-0.2, -0.15) is 13.5 Å². The number of phenolic OH excluding ortho intramolecular Hbond substituents is 1. The number of nitrogen functional groups attached to an aromatic ring is 1. The van der Waals surface area contributed by atoms with E-state index in [-0.39, 0.29) is 27.4 Å². The zero-order chi connectivity index (χ0) is 23.0. The molecule has 0 aliphatic carbocycles. The highest BCUT2D eigenvalue weighted by Crippen LogP contribution is 2.41. The summed E-state index contributed by atoms with van der Waals surface area (Å²) in [6, 6.07) is 9.62. The van der Waals surface area contributed by atoms with Crippen molar-refractivity contribution in [2.24, 2.45) is 10.2 Å². The topological polar surface area (TPSA) is 159 Å². The van der Waals surface area contributed by atoms with E-state index in [1.54, 1.807) is 19.9 Å². The Morgan fingerprint density at radius 2 is 1.61 bits per heavy atom. The van der Waals surface area contributed by atoms with Crippen molar-refractivity contribution in [1.82, 2.24) is 0 Å². The number of anilines is 1. The molecule has 0 radical (unpaired) electrons. The lowest BCUT2D eigenvalue weighted by Gasteiger charge is -2.11. The quantitative estimate of drug-likeness (QED) is 0.279. The Balaban J connectivity index is 2.02. The van der Waals surface area contributed by atoms with E-state index in [1.165, 1.54) is 30.3 Å². The summed E-state index contributed by atoms with van der Waals surface area (Å²) >= 11 is 0. The fourth-order valence-corrected chi connectivity index (χ4v) is 5.02. The van der Waals surface area contributed by atoms with E-state index >= 15 is 0 Å². The standard InChI is InChI=1S/C20H21N3O6S2/c1-3-8-30(25,26)15-6-4-14(5-7-15)22-23-20-12(2)9-13-10-16(31(27,28)29)11-17(24)18(13)19(20)21/h4-7,9-11,24H,3,8,21H2,1-2H3,(H,27,28,29). The molecule has 0 spiro atoms. The van der Waals surface area contributed by atoms with Crippen LogP contribution < -0.4 is 5.73 Å². The van der Waals surface area contributed by atoms with Gasteiger partial charge in [0.05, 0.1) is 26.9 Å². The van der Waals surface area contributed by atoms with Crippen molar-refractivity contribution in [3.8, 4) is 5.75 Å². The SMILES string of the molecule is CCCS(=O)(=O)c1ccc(N=Nc2c(C)cc3cc(S(=O)(=O)O)cc(O)c3c2N)cc1. The van der Waals surface area contributed by atoms with E-state index in [9.17, 15) is 26.5 Å². The summed E-state index contributed by atoms with van der Waals surface area (Å²) in [5.41, 5.74) is 7.47. The molecule has 4 N–H and O–H groups in total. The van der Waals surface area contributed by atoms with Gasteiger partial charge in [-0.25, -0.2) is 8.42 Å². The van der Waals surface area contributed by atoms with Crippen LogP contribution in [0.25, 0.3) is 10.8 Å². The Kier molecular flexibility index (Phi) is 6.03. The van der Waals surface area contributed by atoms with Gasteiger partial charge in [-0.3, -0.25) is 4.55 Å². The van der Waals surface area contributed by atoms with Crippen molar-refractivity contribution >= 4 is 47.8 Å². The lowest BCUT2D eigenvalue weighted by atomic mass is 10.0. The smallest absolute Gasteiger partial charge is 0.294 e. The highest BCUT2D eigenvalue weighted by molar-refractivity contribution is 7.91. The number of fused-ring (bicyclic) bond motifs is 1. The van der Waals surface area contributed by atoms with Crippen LogP contribution >= 0.6 is 0 Å². The van der Waals surface area contributed by atoms with Crippen molar-refractivity contribution in [3.05, 3.63) is 48.0 Å². The summed E-state index contributed by atoms with van der Waals surface area (Å²) in [6.45, 7) is 3.47. The van der Waals surface area contributed by atoms with E-state index < -0.39 is 30.6 Å². The first-order chi connectivity index (χ1) is 14.4. The lowest BCUT2D eigenvalue weighted by Crippen LogP contribution is -2.05. The van der Waals surface area contributed by atoms with Gasteiger partial charge < -0.3 is 10.8 Å². The number of sulfone groups is 1. The predicted octanol–water partition coefficient (Wildman–Crippen LogP) is 4.28. The van der Waals surface area contributed by atoms with Gasteiger partial charge in [-0.15, -0.1) is 5.11 Å². The van der Waals surface area contributed by atoms with Gasteiger partial charge >= 0.3 is 0 Å². The highest BCUT2D eigenvalue weighted by atomic mass is 32.2. The number of benzene rings is 3. The van der Waals surface area contributed by atoms with Crippen molar-refractivity contribution in [1.29, 1.82) is 0 Å². The summed E-state index contributed by atoms with van der Waals surface area (Å²) in [7, 11) is -7.83. The van der Waals surface area contributed by atoms with Gasteiger partial charge in [0.1, 0.15) is 11.4 Å². The predicted molar refractivity (Wildman–Crippen MR) is 118 cm³/mol. The van der Waals surface area contributed by atoms with Gasteiger partial charge in [0.2, 0.25) is 0 Å². The summed E-state index contributed by atoms with van der Waals surface area (Å²) < 4.78 is 56.2. The van der Waals surface area contributed by atoms with Crippen molar-refractivity contribution in [2.45, 2.75) is 30.1 Å². The molecule has 3 aromatic rings. The fraction of sp³-hybridized carbons (Fsp3) is 0.200. The van der Waals surface area contributed by atoms with Crippen LogP contribution in [0.15, 0.2) is 62.5 Å².